The highest BCUT2D eigenvalue weighted by atomic mass is 16.6. The van der Waals surface area contributed by atoms with E-state index in [2.05, 4.69) is 47.8 Å². The molecule has 2 amide bonds. The van der Waals surface area contributed by atoms with E-state index >= 15 is 0 Å². The van der Waals surface area contributed by atoms with E-state index in [9.17, 15) is 9.59 Å². The number of nitrogens with zero attached hydrogens (tertiary/aromatic N) is 1. The molecule has 2 unspecified atom stereocenters. The van der Waals surface area contributed by atoms with Gasteiger partial charge in [-0.15, -0.1) is 0 Å². The number of nitrogens with one attached hydrogen (secondary N) is 1. The summed E-state index contributed by atoms with van der Waals surface area (Å²) in [6.45, 7) is 1.35. The van der Waals surface area contributed by atoms with Gasteiger partial charge in [-0.25, -0.2) is 4.79 Å². The van der Waals surface area contributed by atoms with Crippen molar-refractivity contribution in [1.82, 2.24) is 10.2 Å². The van der Waals surface area contributed by atoms with Crippen LogP contribution >= 0.6 is 0 Å². The fourth-order valence-corrected chi connectivity index (χ4v) is 5.94. The number of amides is 2. The zero-order valence-electron chi connectivity index (χ0n) is 21.2. The van der Waals surface area contributed by atoms with Crippen LogP contribution in [0, 0.1) is 5.92 Å². The average molecular weight is 506 g/mol. The van der Waals surface area contributed by atoms with Crippen LogP contribution in [0.25, 0.3) is 21.9 Å². The topological polar surface area (TPSA) is 84.7 Å². The zero-order valence-corrected chi connectivity index (χ0v) is 21.2. The van der Waals surface area contributed by atoms with Gasteiger partial charge in [0.1, 0.15) is 6.61 Å². The van der Waals surface area contributed by atoms with Gasteiger partial charge < -0.3 is 20.7 Å². The summed E-state index contributed by atoms with van der Waals surface area (Å²) in [6.07, 6.45) is 0.114. The minimum atomic E-state index is -0.422. The van der Waals surface area contributed by atoms with Gasteiger partial charge in [-0.3, -0.25) is 4.79 Å². The van der Waals surface area contributed by atoms with Crippen LogP contribution in [-0.2, 0) is 16.1 Å². The lowest BCUT2D eigenvalue weighted by atomic mass is 9.94. The molecule has 6 heteroatoms. The summed E-state index contributed by atoms with van der Waals surface area (Å²) in [5, 5.41) is 5.33. The van der Waals surface area contributed by atoms with Gasteiger partial charge in [0, 0.05) is 31.6 Å². The molecule has 1 aliphatic carbocycles. The number of hydrogen-bond acceptors (Lipinski definition) is 4. The monoisotopic (exact) mass is 505 g/mol. The van der Waals surface area contributed by atoms with Crippen LogP contribution in [0.1, 0.15) is 29.0 Å². The van der Waals surface area contributed by atoms with Crippen LogP contribution < -0.4 is 11.1 Å². The van der Waals surface area contributed by atoms with Crippen molar-refractivity contribution in [1.29, 1.82) is 0 Å². The molecule has 38 heavy (non-hydrogen) atoms. The number of carbonyl (C=O) groups excluding carboxylic acids is 2. The van der Waals surface area contributed by atoms with Crippen molar-refractivity contribution >= 4 is 22.8 Å². The molecule has 4 aromatic rings. The van der Waals surface area contributed by atoms with Crippen molar-refractivity contribution in [3.63, 3.8) is 0 Å². The van der Waals surface area contributed by atoms with Gasteiger partial charge in [-0.05, 0) is 45.0 Å². The van der Waals surface area contributed by atoms with E-state index in [4.69, 9.17) is 10.5 Å². The molecule has 2 aliphatic rings. The Labute approximate surface area is 222 Å². The zero-order chi connectivity index (χ0) is 26.1. The molecule has 192 valence electrons. The van der Waals surface area contributed by atoms with E-state index in [1.165, 1.54) is 22.3 Å². The molecule has 4 aromatic carbocycles. The lowest BCUT2D eigenvalue weighted by Gasteiger charge is -2.35. The summed E-state index contributed by atoms with van der Waals surface area (Å²) in [7, 11) is 0. The molecule has 1 heterocycles. The highest BCUT2D eigenvalue weighted by Crippen LogP contribution is 2.44. The third-order valence-corrected chi connectivity index (χ3v) is 7.78. The Morgan fingerprint density at radius 3 is 2.26 bits per heavy atom. The van der Waals surface area contributed by atoms with Gasteiger partial charge in [0.2, 0.25) is 5.91 Å². The second-order valence-electron chi connectivity index (χ2n) is 10.3. The Bertz CT molecular complexity index is 1450. The first-order valence-corrected chi connectivity index (χ1v) is 13.2. The Hall–Kier alpha value is -4.16. The molecule has 1 fully saturated rings. The number of fused-ring (bicyclic) bond motifs is 4. The van der Waals surface area contributed by atoms with Crippen molar-refractivity contribution in [2.75, 3.05) is 19.7 Å². The van der Waals surface area contributed by atoms with Crippen molar-refractivity contribution in [3.8, 4) is 11.1 Å². The van der Waals surface area contributed by atoms with Crippen molar-refractivity contribution in [2.24, 2.45) is 11.7 Å². The summed E-state index contributed by atoms with van der Waals surface area (Å²) in [5.74, 6) is -0.483. The smallest absolute Gasteiger partial charge is 0.409 e. The molecule has 0 bridgehead atoms. The number of carbonyl (C=O) groups is 2. The summed E-state index contributed by atoms with van der Waals surface area (Å²) < 4.78 is 5.83. The first kappa shape index (κ1) is 24.2. The van der Waals surface area contributed by atoms with Gasteiger partial charge in [-0.1, -0.05) is 91.0 Å². The number of rotatable bonds is 5. The molecule has 0 radical (unpaired) electrons. The summed E-state index contributed by atoms with van der Waals surface area (Å²) in [5.41, 5.74) is 12.1. The number of hydrogen-bond donors (Lipinski definition) is 2. The van der Waals surface area contributed by atoms with E-state index in [0.717, 1.165) is 16.3 Å². The molecule has 1 saturated heterocycles. The van der Waals surface area contributed by atoms with Crippen molar-refractivity contribution < 1.29 is 14.3 Å². The minimum absolute atomic E-state index is 0.00963. The van der Waals surface area contributed by atoms with E-state index in [1.807, 2.05) is 48.5 Å². The molecule has 6 rings (SSSR count). The molecule has 1 aliphatic heterocycles. The fourth-order valence-electron chi connectivity index (χ4n) is 5.94. The molecule has 6 nitrogen and oxygen atoms in total. The molecular formula is C32H31N3O3. The number of ether oxygens (including phenoxy) is 1. The molecule has 0 spiro atoms. The third kappa shape index (κ3) is 4.63. The summed E-state index contributed by atoms with van der Waals surface area (Å²) in [6, 6.07) is 30.5. The fraction of sp³-hybridized carbons (Fsp3) is 0.250. The molecule has 0 aromatic heterocycles. The van der Waals surface area contributed by atoms with Gasteiger partial charge >= 0.3 is 6.09 Å². The summed E-state index contributed by atoms with van der Waals surface area (Å²) in [4.78, 5) is 27.8. The number of benzene rings is 4. The van der Waals surface area contributed by atoms with Crippen molar-refractivity contribution in [3.05, 3.63) is 108 Å². The van der Waals surface area contributed by atoms with Crippen LogP contribution in [0.4, 0.5) is 4.79 Å². The van der Waals surface area contributed by atoms with E-state index in [0.29, 0.717) is 26.1 Å². The maximum atomic E-state index is 13.1. The minimum Gasteiger partial charge on any atom is -0.448 e. The predicted molar refractivity (Wildman–Crippen MR) is 149 cm³/mol. The van der Waals surface area contributed by atoms with Crippen LogP contribution in [0.3, 0.4) is 0 Å². The average Bonchev–Trinajstić information content (AvgIpc) is 3.28. The van der Waals surface area contributed by atoms with Gasteiger partial charge in [-0.2, -0.15) is 0 Å². The number of nitrogens with two attached hydrogens (primary N) is 1. The maximum Gasteiger partial charge on any atom is 0.409 e. The van der Waals surface area contributed by atoms with Crippen molar-refractivity contribution in [2.45, 2.75) is 24.9 Å². The van der Waals surface area contributed by atoms with E-state index in [1.54, 1.807) is 4.90 Å². The standard InChI is InChI=1S/C32H31N3O3/c33-24-16-23(31(36)34-17-22-10-7-9-21-8-1-2-11-25(21)22)18-35(19-24)32(37)38-20-30-28-14-5-3-12-26(28)27-13-4-6-15-29(27)30/h1-15,23-24,30H,16-20,33H2,(H,34,36). The molecular weight excluding hydrogens is 474 g/mol. The number of piperidine rings is 1. The van der Waals surface area contributed by atoms with Crippen LogP contribution in [0.2, 0.25) is 0 Å². The third-order valence-electron chi connectivity index (χ3n) is 7.78. The van der Waals surface area contributed by atoms with Gasteiger partial charge in [0.05, 0.1) is 5.92 Å². The highest BCUT2D eigenvalue weighted by Gasteiger charge is 2.34. The molecule has 0 saturated carbocycles. The lowest BCUT2D eigenvalue weighted by molar-refractivity contribution is -0.126. The van der Waals surface area contributed by atoms with Crippen LogP contribution in [0.5, 0.6) is 0 Å². The molecule has 2 atom stereocenters. The quantitative estimate of drug-likeness (QED) is 0.397. The normalized spacial score (nSPS) is 18.6. The first-order chi connectivity index (χ1) is 18.6. The largest absolute Gasteiger partial charge is 0.448 e. The summed E-state index contributed by atoms with van der Waals surface area (Å²) >= 11 is 0. The molecule has 3 N–H and O–H groups in total. The lowest BCUT2D eigenvalue weighted by Crippen LogP contribution is -2.53. The number of likely N-dealkylation sites (tertiary alicyclic amines) is 1. The maximum absolute atomic E-state index is 13.1. The Morgan fingerprint density at radius 2 is 1.50 bits per heavy atom. The van der Waals surface area contributed by atoms with E-state index in [-0.39, 0.29) is 30.4 Å². The van der Waals surface area contributed by atoms with Crippen LogP contribution in [0.15, 0.2) is 91.0 Å². The van der Waals surface area contributed by atoms with Crippen LogP contribution in [-0.4, -0.2) is 42.6 Å². The first-order valence-electron chi connectivity index (χ1n) is 13.2. The van der Waals surface area contributed by atoms with E-state index < -0.39 is 6.09 Å². The SMILES string of the molecule is NC1CC(C(=O)NCc2cccc3ccccc23)CN(C(=O)OCC2c3ccccc3-c3ccccc32)C1. The second-order valence-corrected chi connectivity index (χ2v) is 10.3. The Balaban J connectivity index is 1.09. The van der Waals surface area contributed by atoms with Gasteiger partial charge in [0.25, 0.3) is 0 Å². The Kier molecular flexibility index (Phi) is 6.56. The highest BCUT2D eigenvalue weighted by molar-refractivity contribution is 5.86. The second kappa shape index (κ2) is 10.3. The van der Waals surface area contributed by atoms with Gasteiger partial charge in [0.15, 0.2) is 0 Å². The Morgan fingerprint density at radius 1 is 0.842 bits per heavy atom. The predicted octanol–water partition coefficient (Wildman–Crippen LogP) is 5.05.